The van der Waals surface area contributed by atoms with Crippen molar-refractivity contribution in [2.24, 2.45) is 0 Å². The first kappa shape index (κ1) is 24.3. The van der Waals surface area contributed by atoms with E-state index >= 15 is 0 Å². The van der Waals surface area contributed by atoms with Gasteiger partial charge >= 0.3 is 0 Å². The van der Waals surface area contributed by atoms with Crippen molar-refractivity contribution in [1.82, 2.24) is 4.98 Å². The third-order valence-corrected chi connectivity index (χ3v) is 5.59. The van der Waals surface area contributed by atoms with E-state index in [0.717, 1.165) is 46.2 Å². The van der Waals surface area contributed by atoms with Gasteiger partial charge in [0.25, 0.3) is 0 Å². The Kier molecular flexibility index (Phi) is 8.51. The van der Waals surface area contributed by atoms with Crippen LogP contribution in [-0.4, -0.2) is 40.0 Å². The fourth-order valence-electron chi connectivity index (χ4n) is 3.97. The molecule has 0 spiro atoms. The molecule has 1 aliphatic rings. The molecule has 0 saturated heterocycles. The molecule has 0 unspecified atom stereocenters. The predicted molar refractivity (Wildman–Crippen MR) is 125 cm³/mol. The molecule has 1 atom stereocenters. The molecule has 1 aromatic heterocycles. The zero-order chi connectivity index (χ0) is 21.6. The molecule has 1 heterocycles. The van der Waals surface area contributed by atoms with Crippen molar-refractivity contribution < 1.29 is 18.9 Å². The number of hydrogen-bond acceptors (Lipinski definition) is 6. The number of rotatable bonds is 9. The van der Waals surface area contributed by atoms with E-state index in [1.54, 1.807) is 34.6 Å². The molecule has 1 aliphatic carbocycles. The van der Waals surface area contributed by atoms with Crippen molar-refractivity contribution in [3.63, 3.8) is 0 Å². The largest absolute Gasteiger partial charge is 0.497 e. The molecule has 0 aliphatic heterocycles. The summed E-state index contributed by atoms with van der Waals surface area (Å²) in [5.74, 6) is 2.32. The molecule has 0 radical (unpaired) electrons. The minimum absolute atomic E-state index is 0. The van der Waals surface area contributed by atoms with Crippen molar-refractivity contribution in [3.05, 3.63) is 71.3 Å². The van der Waals surface area contributed by atoms with Gasteiger partial charge in [-0.2, -0.15) is 0 Å². The van der Waals surface area contributed by atoms with E-state index in [9.17, 15) is 0 Å². The highest BCUT2D eigenvalue weighted by molar-refractivity contribution is 5.67. The Morgan fingerprint density at radius 2 is 1.87 bits per heavy atom. The van der Waals surface area contributed by atoms with Crippen LogP contribution >= 0.6 is 0 Å². The third-order valence-electron chi connectivity index (χ3n) is 5.59. The molecule has 0 fully saturated rings. The van der Waals surface area contributed by atoms with Crippen molar-refractivity contribution in [1.29, 1.82) is 0 Å². The highest BCUT2D eigenvalue weighted by Crippen LogP contribution is 2.49. The molecule has 1 N–H and O–H groups in total. The molecule has 3 rings (SSSR count). The van der Waals surface area contributed by atoms with Crippen molar-refractivity contribution >= 4 is 5.69 Å². The summed E-state index contributed by atoms with van der Waals surface area (Å²) < 4.78 is 22.5. The summed E-state index contributed by atoms with van der Waals surface area (Å²) in [6, 6.07) is 9.80. The minimum atomic E-state index is -0.402. The Balaban J connectivity index is 0.00000341. The van der Waals surface area contributed by atoms with Crippen LogP contribution in [0, 0.1) is 0 Å². The van der Waals surface area contributed by atoms with Gasteiger partial charge in [-0.3, -0.25) is 4.98 Å². The number of allylic oxidation sites excluding steroid dienone is 2. The molecular formula is C25H34N2O4. The van der Waals surface area contributed by atoms with E-state index in [-0.39, 0.29) is 7.43 Å². The maximum atomic E-state index is 5.84. The molecule has 6 heteroatoms. The van der Waals surface area contributed by atoms with E-state index in [1.807, 2.05) is 30.3 Å². The lowest BCUT2D eigenvalue weighted by Crippen LogP contribution is -2.35. The van der Waals surface area contributed by atoms with E-state index in [1.165, 1.54) is 0 Å². The van der Waals surface area contributed by atoms with Crippen molar-refractivity contribution in [2.45, 2.75) is 32.7 Å². The van der Waals surface area contributed by atoms with E-state index in [0.29, 0.717) is 13.2 Å². The topological polar surface area (TPSA) is 61.8 Å². The molecule has 0 saturated carbocycles. The summed E-state index contributed by atoms with van der Waals surface area (Å²) in [5.41, 5.74) is 3.65. The van der Waals surface area contributed by atoms with Crippen molar-refractivity contribution in [2.75, 3.05) is 40.4 Å². The Labute approximate surface area is 185 Å². The molecule has 0 amide bonds. The maximum Gasteiger partial charge on any atom is 0.128 e. The van der Waals surface area contributed by atoms with Crippen LogP contribution in [0.15, 0.2) is 60.0 Å². The van der Waals surface area contributed by atoms with Crippen molar-refractivity contribution in [3.8, 4) is 11.5 Å². The number of aromatic nitrogens is 1. The Bertz CT molecular complexity index is 925. The lowest BCUT2D eigenvalue weighted by atomic mass is 9.69. The average molecular weight is 427 g/mol. The fourth-order valence-corrected chi connectivity index (χ4v) is 3.97. The van der Waals surface area contributed by atoms with E-state index in [4.69, 9.17) is 18.9 Å². The second-order valence-electron chi connectivity index (χ2n) is 7.28. The first-order chi connectivity index (χ1) is 14.6. The molecular weight excluding hydrogens is 392 g/mol. The Hall–Kier alpha value is -2.99. The van der Waals surface area contributed by atoms with Crippen LogP contribution < -0.4 is 14.8 Å². The quantitative estimate of drug-likeness (QED) is 0.601. The number of nitrogens with one attached hydrogen (secondary N) is 1. The van der Waals surface area contributed by atoms with Crippen LogP contribution in [-0.2, 0) is 21.4 Å². The van der Waals surface area contributed by atoms with Crippen LogP contribution in [0.5, 0.6) is 11.5 Å². The van der Waals surface area contributed by atoms with Crippen LogP contribution in [0.1, 0.15) is 32.0 Å². The summed E-state index contributed by atoms with van der Waals surface area (Å²) >= 11 is 0. The lowest BCUT2D eigenvalue weighted by Gasteiger charge is -2.39. The molecule has 0 bridgehead atoms. The Morgan fingerprint density at radius 1 is 1.06 bits per heavy atom. The summed E-state index contributed by atoms with van der Waals surface area (Å²) in [5, 5.41) is 3.55. The van der Waals surface area contributed by atoms with Crippen LogP contribution in [0.2, 0.25) is 0 Å². The average Bonchev–Trinajstić information content (AvgIpc) is 2.79. The number of methoxy groups -OCH3 is 4. The first-order valence-electron chi connectivity index (χ1n) is 9.90. The van der Waals surface area contributed by atoms with Gasteiger partial charge in [0.1, 0.15) is 17.3 Å². The standard InChI is InChI=1S/C24H30N2O4.CH4/c1-17-12-19(28-3)9-10-24(17,16-27-2)23-21(13-20(29-4)14-22(23)30-5)26-15-18-8-6-7-11-25-18;/h6-9,11-14,26H,10,15-16H2,1-5H3;1H4/t24-;/m0./s1. The predicted octanol–water partition coefficient (Wildman–Crippen LogP) is 5.11. The number of nitrogens with zero attached hydrogens (tertiary/aromatic N) is 1. The number of ether oxygens (including phenoxy) is 4. The van der Waals surface area contributed by atoms with E-state index in [2.05, 4.69) is 29.4 Å². The lowest BCUT2D eigenvalue weighted by molar-refractivity contribution is 0.142. The van der Waals surface area contributed by atoms with Gasteiger partial charge in [0.2, 0.25) is 0 Å². The highest BCUT2D eigenvalue weighted by atomic mass is 16.5. The number of anilines is 1. The van der Waals surface area contributed by atoms with E-state index < -0.39 is 5.41 Å². The Morgan fingerprint density at radius 3 is 2.45 bits per heavy atom. The minimum Gasteiger partial charge on any atom is -0.497 e. The SMILES string of the molecule is C.COC[C@@]1(c2c(NCc3ccccn3)cc(OC)cc2OC)CC=C(OC)C=C1C. The third kappa shape index (κ3) is 5.02. The molecule has 31 heavy (non-hydrogen) atoms. The summed E-state index contributed by atoms with van der Waals surface area (Å²) in [4.78, 5) is 4.42. The summed E-state index contributed by atoms with van der Waals surface area (Å²) in [6.45, 7) is 3.19. The van der Waals surface area contributed by atoms with Gasteiger partial charge in [-0.1, -0.05) is 19.1 Å². The van der Waals surface area contributed by atoms with Gasteiger partial charge in [0.15, 0.2) is 0 Å². The molecule has 168 valence electrons. The smallest absolute Gasteiger partial charge is 0.128 e. The van der Waals surface area contributed by atoms with Gasteiger partial charge in [-0.25, -0.2) is 0 Å². The normalized spacial score (nSPS) is 17.7. The second-order valence-corrected chi connectivity index (χ2v) is 7.28. The fraction of sp³-hybridized carbons (Fsp3) is 0.400. The first-order valence-corrected chi connectivity index (χ1v) is 9.90. The zero-order valence-electron chi connectivity index (χ0n) is 18.3. The van der Waals surface area contributed by atoms with Gasteiger partial charge < -0.3 is 24.3 Å². The molecule has 6 nitrogen and oxygen atoms in total. The van der Waals surface area contributed by atoms with Gasteiger partial charge in [0.05, 0.1) is 40.2 Å². The molecule has 2 aromatic rings. The maximum absolute atomic E-state index is 5.84. The zero-order valence-corrected chi connectivity index (χ0v) is 18.3. The monoisotopic (exact) mass is 426 g/mol. The van der Waals surface area contributed by atoms with Gasteiger partial charge in [-0.15, -0.1) is 0 Å². The highest BCUT2D eigenvalue weighted by Gasteiger charge is 2.40. The summed E-state index contributed by atoms with van der Waals surface area (Å²) in [7, 11) is 6.75. The van der Waals surface area contributed by atoms with Crippen LogP contribution in [0.4, 0.5) is 5.69 Å². The summed E-state index contributed by atoms with van der Waals surface area (Å²) in [6.07, 6.45) is 6.68. The second kappa shape index (κ2) is 10.9. The van der Waals surface area contributed by atoms with Gasteiger partial charge in [0, 0.05) is 42.1 Å². The number of pyridine rings is 1. The number of hydrogen-bond donors (Lipinski definition) is 1. The number of benzene rings is 1. The van der Waals surface area contributed by atoms with Gasteiger partial charge in [-0.05, 0) is 37.6 Å². The van der Waals surface area contributed by atoms with Crippen LogP contribution in [0.3, 0.4) is 0 Å². The molecule has 1 aromatic carbocycles. The van der Waals surface area contributed by atoms with Crippen LogP contribution in [0.25, 0.3) is 0 Å².